The normalized spacial score (nSPS) is 10.6. The molecule has 124 valence electrons. The Bertz CT molecular complexity index is 504. The summed E-state index contributed by atoms with van der Waals surface area (Å²) in [6.45, 7) is 7.20. The number of unbranched alkanes of at least 4 members (excludes halogenated alkanes) is 1. The second kappa shape index (κ2) is 14.1. The van der Waals surface area contributed by atoms with Crippen LogP contribution in [0.1, 0.15) is 52.5 Å². The van der Waals surface area contributed by atoms with Crippen LogP contribution in [0.4, 0.5) is 0 Å². The largest absolute Gasteiger partial charge is 0.478 e. The van der Waals surface area contributed by atoms with Crippen molar-refractivity contribution in [2.75, 3.05) is 0 Å². The summed E-state index contributed by atoms with van der Waals surface area (Å²) >= 11 is 0. The topological polar surface area (TPSA) is 74.6 Å². The zero-order chi connectivity index (χ0) is 17.0. The Balaban J connectivity index is 0. The first-order valence-corrected chi connectivity index (χ1v) is 7.02. The van der Waals surface area contributed by atoms with Gasteiger partial charge in [0.25, 0.3) is 0 Å². The molecular formula is C18H22HfO4-2. The molecule has 2 rings (SSSR count). The van der Waals surface area contributed by atoms with Crippen LogP contribution in [-0.2, 0) is 25.8 Å². The predicted molar refractivity (Wildman–Crippen MR) is 86.9 cm³/mol. The average molecular weight is 481 g/mol. The molecule has 0 bridgehead atoms. The molecular weight excluding hydrogens is 459 g/mol. The van der Waals surface area contributed by atoms with Gasteiger partial charge in [0.1, 0.15) is 0 Å². The van der Waals surface area contributed by atoms with Gasteiger partial charge in [0.2, 0.25) is 0 Å². The van der Waals surface area contributed by atoms with Crippen LogP contribution in [-0.4, -0.2) is 22.2 Å². The van der Waals surface area contributed by atoms with Crippen LogP contribution in [0.3, 0.4) is 0 Å². The first-order chi connectivity index (χ1) is 10.5. The van der Waals surface area contributed by atoms with E-state index in [4.69, 9.17) is 10.2 Å². The van der Waals surface area contributed by atoms with E-state index in [1.54, 1.807) is 0 Å². The third-order valence-electron chi connectivity index (χ3n) is 2.73. The minimum atomic E-state index is -1.11. The molecule has 0 saturated carbocycles. The maximum Gasteiger partial charge on any atom is 0.335 e. The van der Waals surface area contributed by atoms with Gasteiger partial charge in [-0.05, 0) is 24.6 Å². The van der Waals surface area contributed by atoms with Crippen molar-refractivity contribution in [1.29, 1.82) is 0 Å². The number of carbonyl (C=O) groups is 2. The molecule has 0 radical (unpaired) electrons. The molecule has 0 heterocycles. The van der Waals surface area contributed by atoms with Crippen molar-refractivity contribution in [1.82, 2.24) is 0 Å². The third kappa shape index (κ3) is 10.00. The summed E-state index contributed by atoms with van der Waals surface area (Å²) in [5, 5.41) is 17.4. The van der Waals surface area contributed by atoms with E-state index in [0.717, 1.165) is 12.8 Å². The van der Waals surface area contributed by atoms with Gasteiger partial charge in [-0.1, -0.05) is 19.4 Å². The molecule has 0 atom stereocenters. The summed E-state index contributed by atoms with van der Waals surface area (Å²) in [6.07, 6.45) is 12.3. The molecule has 0 fully saturated rings. The van der Waals surface area contributed by atoms with Gasteiger partial charge >= 0.3 is 11.9 Å². The molecule has 2 N–H and O–H groups in total. The van der Waals surface area contributed by atoms with E-state index in [2.05, 4.69) is 26.0 Å². The summed E-state index contributed by atoms with van der Waals surface area (Å²) < 4.78 is 0. The Morgan fingerprint density at radius 2 is 1.70 bits per heavy atom. The van der Waals surface area contributed by atoms with E-state index >= 15 is 0 Å². The Morgan fingerprint density at radius 1 is 1.22 bits per heavy atom. The second-order valence-corrected chi connectivity index (χ2v) is 4.45. The first-order valence-electron chi connectivity index (χ1n) is 7.02. The minimum Gasteiger partial charge on any atom is -0.478 e. The number of rotatable bonds is 3. The van der Waals surface area contributed by atoms with Crippen molar-refractivity contribution in [3.63, 3.8) is 0 Å². The Hall–Kier alpha value is -1.49. The van der Waals surface area contributed by atoms with Gasteiger partial charge in [0.15, 0.2) is 0 Å². The number of aromatic carboxylic acids is 2. The number of benzene rings is 1. The standard InChI is InChI=1S/C9H8O4.C5H5.C4H9.Hf/c1-5-6(8(10)11)3-2-4-7(5)9(12)13;1-2-4-5-3-1;1-3-4-2;/h2-4H,1H3,(H,10,11)(H,12,13);1-3H,4H2;1,3-4H2,2H3;/q;2*-1;. The zero-order valence-corrected chi connectivity index (χ0v) is 17.1. The number of allylic oxidation sites excluding steroid dienone is 4. The van der Waals surface area contributed by atoms with Crippen molar-refractivity contribution in [3.05, 3.63) is 66.1 Å². The minimum absolute atomic E-state index is 0. The smallest absolute Gasteiger partial charge is 0.335 e. The Kier molecular flexibility index (Phi) is 14.6. The molecule has 0 aromatic heterocycles. The van der Waals surface area contributed by atoms with E-state index in [1.165, 1.54) is 31.5 Å². The molecule has 1 aromatic rings. The van der Waals surface area contributed by atoms with E-state index in [0.29, 0.717) is 0 Å². The van der Waals surface area contributed by atoms with Crippen molar-refractivity contribution in [3.8, 4) is 0 Å². The van der Waals surface area contributed by atoms with Gasteiger partial charge in [-0.25, -0.2) is 21.7 Å². The van der Waals surface area contributed by atoms with Gasteiger partial charge in [-0.15, -0.1) is 6.42 Å². The van der Waals surface area contributed by atoms with Crippen molar-refractivity contribution in [2.24, 2.45) is 0 Å². The van der Waals surface area contributed by atoms with Gasteiger partial charge in [0.05, 0.1) is 11.1 Å². The summed E-state index contributed by atoms with van der Waals surface area (Å²) in [6, 6.07) is 4.17. The average Bonchev–Trinajstić information content (AvgIpc) is 3.06. The molecule has 0 unspecified atom stereocenters. The molecule has 1 aliphatic rings. The van der Waals surface area contributed by atoms with Crippen molar-refractivity contribution in [2.45, 2.75) is 33.1 Å². The van der Waals surface area contributed by atoms with Crippen LogP contribution in [0.15, 0.2) is 36.4 Å². The first kappa shape index (κ1) is 23.8. The number of carboxylic acid groups (broad SMARTS) is 2. The fourth-order valence-corrected chi connectivity index (χ4v) is 1.44. The van der Waals surface area contributed by atoms with Crippen LogP contribution in [0.5, 0.6) is 0 Å². The monoisotopic (exact) mass is 482 g/mol. The number of hydrogen-bond acceptors (Lipinski definition) is 2. The molecule has 0 amide bonds. The van der Waals surface area contributed by atoms with Gasteiger partial charge < -0.3 is 17.1 Å². The molecule has 23 heavy (non-hydrogen) atoms. The maximum absolute atomic E-state index is 10.6. The zero-order valence-electron chi connectivity index (χ0n) is 13.5. The summed E-state index contributed by atoms with van der Waals surface area (Å²) in [7, 11) is 0. The molecule has 5 heteroatoms. The molecule has 0 saturated heterocycles. The van der Waals surface area contributed by atoms with E-state index in [1.807, 2.05) is 12.2 Å². The van der Waals surface area contributed by atoms with Crippen LogP contribution >= 0.6 is 0 Å². The van der Waals surface area contributed by atoms with Crippen LogP contribution < -0.4 is 0 Å². The second-order valence-electron chi connectivity index (χ2n) is 4.45. The van der Waals surface area contributed by atoms with Gasteiger partial charge in [-0.3, -0.25) is 6.08 Å². The fraction of sp³-hybridized carbons (Fsp3) is 0.278. The third-order valence-corrected chi connectivity index (χ3v) is 2.73. The fourth-order valence-electron chi connectivity index (χ4n) is 1.44. The predicted octanol–water partition coefficient (Wildman–Crippen LogP) is 4.32. The van der Waals surface area contributed by atoms with Crippen LogP contribution in [0, 0.1) is 19.9 Å². The quantitative estimate of drug-likeness (QED) is 0.499. The maximum atomic E-state index is 10.6. The molecule has 1 aromatic carbocycles. The van der Waals surface area contributed by atoms with E-state index < -0.39 is 11.9 Å². The van der Waals surface area contributed by atoms with E-state index in [9.17, 15) is 9.59 Å². The van der Waals surface area contributed by atoms with Gasteiger partial charge in [-0.2, -0.15) is 12.5 Å². The Labute approximate surface area is 156 Å². The van der Waals surface area contributed by atoms with Crippen LogP contribution in [0.2, 0.25) is 0 Å². The SMILES string of the molecule is Cc1c(C(=O)O)cccc1C(=O)O.[C-]1=CC=CC1.[CH2-]CCC.[Hf]. The summed E-state index contributed by atoms with van der Waals surface area (Å²) in [5.41, 5.74) is 0.335. The Morgan fingerprint density at radius 3 is 1.91 bits per heavy atom. The van der Waals surface area contributed by atoms with Crippen LogP contribution in [0.25, 0.3) is 0 Å². The summed E-state index contributed by atoms with van der Waals surface area (Å²) in [4.78, 5) is 21.2. The molecule has 4 nitrogen and oxygen atoms in total. The molecule has 0 spiro atoms. The molecule has 0 aliphatic heterocycles. The molecule has 1 aliphatic carbocycles. The van der Waals surface area contributed by atoms with Crippen molar-refractivity contribution < 1.29 is 45.6 Å². The van der Waals surface area contributed by atoms with Gasteiger partial charge in [0, 0.05) is 25.8 Å². The summed E-state index contributed by atoms with van der Waals surface area (Å²) in [5.74, 6) is -2.22. The van der Waals surface area contributed by atoms with E-state index in [-0.39, 0.29) is 42.5 Å². The number of hydrogen-bond donors (Lipinski definition) is 2. The number of carboxylic acids is 2. The van der Waals surface area contributed by atoms with Crippen molar-refractivity contribution >= 4 is 11.9 Å².